The summed E-state index contributed by atoms with van der Waals surface area (Å²) in [6.45, 7) is 8.98. The van der Waals surface area contributed by atoms with Gasteiger partial charge >= 0.3 is 0 Å². The van der Waals surface area contributed by atoms with E-state index >= 15 is 0 Å². The van der Waals surface area contributed by atoms with E-state index in [2.05, 4.69) is 0 Å². The zero-order valence-corrected chi connectivity index (χ0v) is 21.3. The SMILES string of the molecule is CC(C)(O)CC(O)CC(C)(O)C1CCC2(O)C3=CC(=O)C4CC(O)C(O)CC4(C)C3CCC12C. The van der Waals surface area contributed by atoms with Gasteiger partial charge in [-0.05, 0) is 88.2 Å². The molecule has 4 rings (SSSR count). The summed E-state index contributed by atoms with van der Waals surface area (Å²) in [5.74, 6) is -0.819. The second kappa shape index (κ2) is 8.09. The van der Waals surface area contributed by atoms with Crippen molar-refractivity contribution in [1.29, 1.82) is 0 Å². The Morgan fingerprint density at radius 2 is 1.68 bits per heavy atom. The summed E-state index contributed by atoms with van der Waals surface area (Å²) < 4.78 is 0. The zero-order chi connectivity index (χ0) is 25.5. The second-order valence-electron chi connectivity index (χ2n) is 13.3. The first kappa shape index (κ1) is 26.2. The van der Waals surface area contributed by atoms with Gasteiger partial charge in [0.15, 0.2) is 5.78 Å². The van der Waals surface area contributed by atoms with Crippen molar-refractivity contribution in [2.24, 2.45) is 28.6 Å². The average Bonchev–Trinajstić information content (AvgIpc) is 2.95. The molecular weight excluding hydrogens is 436 g/mol. The van der Waals surface area contributed by atoms with Crippen LogP contribution in [0.4, 0.5) is 0 Å². The Morgan fingerprint density at radius 1 is 1.03 bits per heavy atom. The lowest BCUT2D eigenvalue weighted by molar-refractivity contribution is -0.163. The normalized spacial score (nSPS) is 47.2. The Labute approximate surface area is 202 Å². The van der Waals surface area contributed by atoms with Gasteiger partial charge in [-0.15, -0.1) is 0 Å². The predicted molar refractivity (Wildman–Crippen MR) is 127 cm³/mol. The van der Waals surface area contributed by atoms with E-state index in [9.17, 15) is 35.4 Å². The molecule has 10 atom stereocenters. The minimum Gasteiger partial charge on any atom is -0.393 e. The van der Waals surface area contributed by atoms with E-state index in [1.165, 1.54) is 0 Å². The minimum atomic E-state index is -1.26. The van der Waals surface area contributed by atoms with Crippen LogP contribution in [0.1, 0.15) is 86.0 Å². The molecular formula is C27H44O7. The lowest BCUT2D eigenvalue weighted by atomic mass is 9.45. The lowest BCUT2D eigenvalue weighted by Gasteiger charge is -2.60. The molecule has 4 aliphatic carbocycles. The van der Waals surface area contributed by atoms with Gasteiger partial charge in [-0.1, -0.05) is 13.8 Å². The van der Waals surface area contributed by atoms with E-state index in [-0.39, 0.29) is 42.8 Å². The molecule has 7 heteroatoms. The van der Waals surface area contributed by atoms with Crippen molar-refractivity contribution in [3.63, 3.8) is 0 Å². The molecule has 0 heterocycles. The summed E-state index contributed by atoms with van der Waals surface area (Å²) in [7, 11) is 0. The number of ketones is 1. The minimum absolute atomic E-state index is 0.0695. The zero-order valence-electron chi connectivity index (χ0n) is 21.3. The number of aliphatic hydroxyl groups is 6. The van der Waals surface area contributed by atoms with Crippen LogP contribution >= 0.6 is 0 Å². The first-order valence-electron chi connectivity index (χ1n) is 12.9. The molecule has 4 aliphatic rings. The number of carbonyl (C=O) groups is 1. The number of hydrogen-bond donors (Lipinski definition) is 6. The topological polar surface area (TPSA) is 138 Å². The number of carbonyl (C=O) groups excluding carboxylic acids is 1. The molecule has 6 N–H and O–H groups in total. The second-order valence-corrected chi connectivity index (χ2v) is 13.3. The molecule has 0 saturated heterocycles. The van der Waals surface area contributed by atoms with Gasteiger partial charge in [-0.25, -0.2) is 0 Å². The fourth-order valence-electron chi connectivity index (χ4n) is 8.64. The lowest BCUT2D eigenvalue weighted by Crippen LogP contribution is -2.62. The molecule has 0 amide bonds. The number of rotatable bonds is 5. The monoisotopic (exact) mass is 480 g/mol. The smallest absolute Gasteiger partial charge is 0.159 e. The fourth-order valence-corrected chi connectivity index (χ4v) is 8.64. The highest BCUT2D eigenvalue weighted by Crippen LogP contribution is 2.68. The van der Waals surface area contributed by atoms with Crippen LogP contribution in [-0.4, -0.2) is 71.5 Å². The van der Waals surface area contributed by atoms with Crippen LogP contribution < -0.4 is 0 Å². The highest BCUT2D eigenvalue weighted by molar-refractivity contribution is 5.95. The molecule has 0 spiro atoms. The Kier molecular flexibility index (Phi) is 6.24. The van der Waals surface area contributed by atoms with Gasteiger partial charge < -0.3 is 30.6 Å². The van der Waals surface area contributed by atoms with E-state index in [1.54, 1.807) is 26.8 Å². The van der Waals surface area contributed by atoms with Gasteiger partial charge in [0.05, 0.1) is 35.1 Å². The third-order valence-electron chi connectivity index (χ3n) is 10.3. The highest BCUT2D eigenvalue weighted by Gasteiger charge is 2.68. The Hall–Kier alpha value is -0.830. The maximum atomic E-state index is 13.2. The van der Waals surface area contributed by atoms with Crippen molar-refractivity contribution in [1.82, 2.24) is 0 Å². The van der Waals surface area contributed by atoms with Crippen molar-refractivity contribution in [3.8, 4) is 0 Å². The maximum absolute atomic E-state index is 13.2. The van der Waals surface area contributed by atoms with Crippen molar-refractivity contribution in [3.05, 3.63) is 11.6 Å². The van der Waals surface area contributed by atoms with Crippen LogP contribution in [0.25, 0.3) is 0 Å². The molecule has 0 radical (unpaired) electrons. The third-order valence-corrected chi connectivity index (χ3v) is 10.3. The summed E-state index contributed by atoms with van der Waals surface area (Å²) in [5.41, 5.74) is -4.04. The molecule has 0 aromatic rings. The number of aliphatic hydroxyl groups excluding tert-OH is 3. The van der Waals surface area contributed by atoms with Gasteiger partial charge in [-0.2, -0.15) is 0 Å². The van der Waals surface area contributed by atoms with Crippen LogP contribution in [-0.2, 0) is 4.79 Å². The molecule has 3 fully saturated rings. The van der Waals surface area contributed by atoms with Crippen LogP contribution in [0.15, 0.2) is 11.6 Å². The summed E-state index contributed by atoms with van der Waals surface area (Å²) in [6.07, 6.45) is 2.12. The van der Waals surface area contributed by atoms with Crippen molar-refractivity contribution < 1.29 is 35.4 Å². The molecule has 7 nitrogen and oxygen atoms in total. The van der Waals surface area contributed by atoms with Crippen molar-refractivity contribution in [2.45, 2.75) is 121 Å². The largest absolute Gasteiger partial charge is 0.393 e. The van der Waals surface area contributed by atoms with E-state index in [0.29, 0.717) is 25.7 Å². The number of hydrogen-bond acceptors (Lipinski definition) is 7. The first-order chi connectivity index (χ1) is 15.4. The Morgan fingerprint density at radius 3 is 2.29 bits per heavy atom. The van der Waals surface area contributed by atoms with Crippen LogP contribution in [0.2, 0.25) is 0 Å². The fraction of sp³-hybridized carbons (Fsp3) is 0.889. The quantitative estimate of drug-likeness (QED) is 0.353. The average molecular weight is 481 g/mol. The van der Waals surface area contributed by atoms with E-state index < -0.39 is 45.9 Å². The van der Waals surface area contributed by atoms with E-state index in [0.717, 1.165) is 12.0 Å². The van der Waals surface area contributed by atoms with Crippen LogP contribution in [0.5, 0.6) is 0 Å². The number of allylic oxidation sites excluding steroid dienone is 1. The van der Waals surface area contributed by atoms with Gasteiger partial charge in [0.2, 0.25) is 0 Å². The molecule has 0 aliphatic heterocycles. The van der Waals surface area contributed by atoms with Crippen molar-refractivity contribution in [2.75, 3.05) is 0 Å². The van der Waals surface area contributed by atoms with Crippen LogP contribution in [0.3, 0.4) is 0 Å². The van der Waals surface area contributed by atoms with Crippen LogP contribution in [0, 0.1) is 28.6 Å². The third kappa shape index (κ3) is 3.91. The molecule has 34 heavy (non-hydrogen) atoms. The Bertz CT molecular complexity index is 860. The van der Waals surface area contributed by atoms with Gasteiger partial charge in [0, 0.05) is 24.2 Å². The summed E-state index contributed by atoms with van der Waals surface area (Å²) in [6, 6.07) is 0. The Balaban J connectivity index is 1.65. The molecule has 0 bridgehead atoms. The summed E-state index contributed by atoms with van der Waals surface area (Å²) in [4.78, 5) is 13.2. The first-order valence-corrected chi connectivity index (χ1v) is 12.9. The van der Waals surface area contributed by atoms with Gasteiger partial charge in [0.25, 0.3) is 0 Å². The maximum Gasteiger partial charge on any atom is 0.159 e. The summed E-state index contributed by atoms with van der Waals surface area (Å²) in [5, 5.41) is 65.1. The van der Waals surface area contributed by atoms with Gasteiger partial charge in [-0.3, -0.25) is 4.79 Å². The highest BCUT2D eigenvalue weighted by atomic mass is 16.3. The predicted octanol–water partition coefficient (Wildman–Crippen LogP) is 1.85. The molecule has 0 aromatic heterocycles. The molecule has 10 unspecified atom stereocenters. The standard InChI is InChI=1S/C27H44O7/c1-23(2,32)12-15(28)13-26(5,33)22-7-9-27(34)17-10-19(29)18-11-20(30)21(31)14-24(18,3)16(17)6-8-25(22,27)4/h10,15-16,18,20-22,28,30-34H,6-9,11-14H2,1-5H3. The molecule has 0 aromatic carbocycles. The van der Waals surface area contributed by atoms with E-state index in [4.69, 9.17) is 0 Å². The number of fused-ring (bicyclic) bond motifs is 5. The van der Waals surface area contributed by atoms with E-state index in [1.807, 2.05) is 13.8 Å². The molecule has 194 valence electrons. The molecule has 3 saturated carbocycles. The van der Waals surface area contributed by atoms with Crippen molar-refractivity contribution >= 4 is 5.78 Å². The summed E-state index contributed by atoms with van der Waals surface area (Å²) >= 11 is 0. The van der Waals surface area contributed by atoms with Gasteiger partial charge in [0.1, 0.15) is 0 Å².